The number of fused-ring (bicyclic) bond motifs is 1. The van der Waals surface area contributed by atoms with Crippen LogP contribution >= 0.6 is 0 Å². The molecule has 3 rings (SSSR count). The zero-order valence-electron chi connectivity index (χ0n) is 8.95. The van der Waals surface area contributed by atoms with Gasteiger partial charge in [0.25, 0.3) is 0 Å². The first-order valence-electron chi connectivity index (χ1n) is 5.83. The van der Waals surface area contributed by atoms with E-state index < -0.39 is 0 Å². The molecule has 2 saturated heterocycles. The van der Waals surface area contributed by atoms with Crippen LogP contribution in [0.5, 0.6) is 0 Å². The number of hydrogen-bond donors (Lipinski definition) is 2. The Morgan fingerprint density at radius 2 is 2.33 bits per heavy atom. The van der Waals surface area contributed by atoms with E-state index in [9.17, 15) is 0 Å². The van der Waals surface area contributed by atoms with E-state index in [2.05, 4.69) is 26.5 Å². The molecule has 1 aromatic heterocycles. The fourth-order valence-corrected chi connectivity index (χ4v) is 2.87. The smallest absolute Gasteiger partial charge is 0.0492 e. The highest BCUT2D eigenvalue weighted by atomic mass is 15.2. The van der Waals surface area contributed by atoms with Crippen molar-refractivity contribution in [2.75, 3.05) is 26.2 Å². The summed E-state index contributed by atoms with van der Waals surface area (Å²) in [6, 6.07) is 2.07. The van der Waals surface area contributed by atoms with E-state index in [1.54, 1.807) is 0 Å². The van der Waals surface area contributed by atoms with Crippen LogP contribution in [0.2, 0.25) is 0 Å². The molecule has 4 nitrogen and oxygen atoms in total. The third kappa shape index (κ3) is 1.92. The highest BCUT2D eigenvalue weighted by molar-refractivity contribution is 4.98. The summed E-state index contributed by atoms with van der Waals surface area (Å²) in [5.41, 5.74) is 1.24. The Hall–Kier alpha value is -0.870. The molecule has 0 bridgehead atoms. The molecule has 2 N–H and O–H groups in total. The zero-order valence-corrected chi connectivity index (χ0v) is 8.95. The molecule has 2 aliphatic heterocycles. The molecule has 2 aliphatic rings. The second-order valence-corrected chi connectivity index (χ2v) is 4.78. The maximum absolute atomic E-state index is 3.99. The number of nitrogens with zero attached hydrogens (tertiary/aromatic N) is 2. The predicted octanol–water partition coefficient (Wildman–Crippen LogP) is 0.451. The minimum Gasteiger partial charge on any atom is -0.316 e. The minimum atomic E-state index is 0.877. The first-order valence-corrected chi connectivity index (χ1v) is 5.83. The molecule has 2 unspecified atom stereocenters. The molecule has 15 heavy (non-hydrogen) atoms. The molecular weight excluding hydrogens is 188 g/mol. The van der Waals surface area contributed by atoms with E-state index in [0.717, 1.165) is 18.4 Å². The Kier molecular flexibility index (Phi) is 2.46. The van der Waals surface area contributed by atoms with Gasteiger partial charge in [-0.15, -0.1) is 0 Å². The van der Waals surface area contributed by atoms with Gasteiger partial charge in [-0.25, -0.2) is 0 Å². The number of H-pyrrole nitrogens is 1. The average molecular weight is 206 g/mol. The Morgan fingerprint density at radius 1 is 1.40 bits per heavy atom. The number of aromatic nitrogens is 2. The van der Waals surface area contributed by atoms with E-state index >= 15 is 0 Å². The predicted molar refractivity (Wildman–Crippen MR) is 58.3 cm³/mol. The van der Waals surface area contributed by atoms with Gasteiger partial charge >= 0.3 is 0 Å². The van der Waals surface area contributed by atoms with Crippen LogP contribution in [0.1, 0.15) is 12.1 Å². The van der Waals surface area contributed by atoms with Crippen LogP contribution in [-0.4, -0.2) is 41.3 Å². The van der Waals surface area contributed by atoms with Crippen molar-refractivity contribution in [2.45, 2.75) is 13.0 Å². The van der Waals surface area contributed by atoms with Gasteiger partial charge in [-0.2, -0.15) is 5.10 Å². The summed E-state index contributed by atoms with van der Waals surface area (Å²) in [5, 5.41) is 10.5. The normalized spacial score (nSPS) is 31.7. The third-order valence-electron chi connectivity index (χ3n) is 3.74. The van der Waals surface area contributed by atoms with Gasteiger partial charge in [0.1, 0.15) is 0 Å². The number of likely N-dealkylation sites (tertiary alicyclic amines) is 1. The molecule has 3 heterocycles. The van der Waals surface area contributed by atoms with Gasteiger partial charge < -0.3 is 5.32 Å². The van der Waals surface area contributed by atoms with Crippen LogP contribution in [-0.2, 0) is 6.54 Å². The molecule has 2 atom stereocenters. The summed E-state index contributed by atoms with van der Waals surface area (Å²) < 4.78 is 0. The van der Waals surface area contributed by atoms with E-state index in [1.165, 1.54) is 38.3 Å². The van der Waals surface area contributed by atoms with Gasteiger partial charge in [0.05, 0.1) is 0 Å². The Bertz CT molecular complexity index is 308. The van der Waals surface area contributed by atoms with Gasteiger partial charge in [0, 0.05) is 25.0 Å². The van der Waals surface area contributed by atoms with Gasteiger partial charge in [-0.3, -0.25) is 10.00 Å². The molecule has 4 heteroatoms. The summed E-state index contributed by atoms with van der Waals surface area (Å²) in [7, 11) is 0. The summed E-state index contributed by atoms with van der Waals surface area (Å²) >= 11 is 0. The largest absolute Gasteiger partial charge is 0.316 e. The zero-order chi connectivity index (χ0) is 10.1. The van der Waals surface area contributed by atoms with Crippen molar-refractivity contribution < 1.29 is 0 Å². The van der Waals surface area contributed by atoms with Crippen molar-refractivity contribution in [3.63, 3.8) is 0 Å². The lowest BCUT2D eigenvalue weighted by Gasteiger charge is -2.34. The van der Waals surface area contributed by atoms with Gasteiger partial charge in [0.2, 0.25) is 0 Å². The number of rotatable bonds is 2. The van der Waals surface area contributed by atoms with Gasteiger partial charge in [-0.1, -0.05) is 0 Å². The Morgan fingerprint density at radius 3 is 3.20 bits per heavy atom. The Labute approximate surface area is 90.0 Å². The van der Waals surface area contributed by atoms with Crippen molar-refractivity contribution in [3.8, 4) is 0 Å². The lowest BCUT2D eigenvalue weighted by atomic mass is 9.89. The van der Waals surface area contributed by atoms with Crippen molar-refractivity contribution in [2.24, 2.45) is 11.8 Å². The fourth-order valence-electron chi connectivity index (χ4n) is 2.87. The molecule has 2 fully saturated rings. The minimum absolute atomic E-state index is 0.877. The third-order valence-corrected chi connectivity index (χ3v) is 3.74. The van der Waals surface area contributed by atoms with E-state index in [1.807, 2.05) is 6.20 Å². The van der Waals surface area contributed by atoms with Crippen LogP contribution < -0.4 is 5.32 Å². The summed E-state index contributed by atoms with van der Waals surface area (Å²) in [6.45, 7) is 5.97. The van der Waals surface area contributed by atoms with Crippen LogP contribution in [0, 0.1) is 11.8 Å². The quantitative estimate of drug-likeness (QED) is 0.738. The van der Waals surface area contributed by atoms with Crippen LogP contribution in [0.4, 0.5) is 0 Å². The van der Waals surface area contributed by atoms with Gasteiger partial charge in [-0.05, 0) is 44.0 Å². The molecule has 1 aromatic rings. The SMILES string of the molecule is c1cc(CN2CCC3CNCC3C2)[nH]n1. The molecule has 82 valence electrons. The molecular formula is C11H18N4. The Balaban J connectivity index is 1.59. The lowest BCUT2D eigenvalue weighted by molar-refractivity contribution is 0.141. The van der Waals surface area contributed by atoms with Crippen LogP contribution in [0.15, 0.2) is 12.3 Å². The molecule has 0 amide bonds. The monoisotopic (exact) mass is 206 g/mol. The maximum atomic E-state index is 3.99. The second-order valence-electron chi connectivity index (χ2n) is 4.78. The van der Waals surface area contributed by atoms with Crippen LogP contribution in [0.3, 0.4) is 0 Å². The molecule has 0 saturated carbocycles. The topological polar surface area (TPSA) is 44.0 Å². The second kappa shape index (κ2) is 3.94. The maximum Gasteiger partial charge on any atom is 0.0492 e. The first kappa shape index (κ1) is 9.36. The number of piperidine rings is 1. The van der Waals surface area contributed by atoms with E-state index in [-0.39, 0.29) is 0 Å². The summed E-state index contributed by atoms with van der Waals surface area (Å²) in [6.07, 6.45) is 3.19. The summed E-state index contributed by atoms with van der Waals surface area (Å²) in [4.78, 5) is 2.54. The number of hydrogen-bond acceptors (Lipinski definition) is 3. The first-order chi connectivity index (χ1) is 7.42. The van der Waals surface area contributed by atoms with Gasteiger partial charge in [0.15, 0.2) is 0 Å². The lowest BCUT2D eigenvalue weighted by Crippen LogP contribution is -2.39. The van der Waals surface area contributed by atoms with Crippen LogP contribution in [0.25, 0.3) is 0 Å². The van der Waals surface area contributed by atoms with Crippen molar-refractivity contribution in [1.29, 1.82) is 0 Å². The number of aromatic amines is 1. The fraction of sp³-hybridized carbons (Fsp3) is 0.727. The highest BCUT2D eigenvalue weighted by Crippen LogP contribution is 2.26. The standard InChI is InChI=1S/C11H18N4/c1-3-13-14-11(1)8-15-4-2-9-5-12-6-10(9)7-15/h1,3,9-10,12H,2,4-8H2,(H,13,14). The van der Waals surface area contributed by atoms with Crippen molar-refractivity contribution in [1.82, 2.24) is 20.4 Å². The molecule has 0 aliphatic carbocycles. The highest BCUT2D eigenvalue weighted by Gasteiger charge is 2.32. The van der Waals surface area contributed by atoms with Crippen molar-refractivity contribution >= 4 is 0 Å². The molecule has 0 spiro atoms. The molecule has 0 radical (unpaired) electrons. The summed E-state index contributed by atoms with van der Waals surface area (Å²) in [5.74, 6) is 1.81. The van der Waals surface area contributed by atoms with E-state index in [0.29, 0.717) is 0 Å². The van der Waals surface area contributed by atoms with E-state index in [4.69, 9.17) is 0 Å². The number of nitrogens with one attached hydrogen (secondary N) is 2. The molecule has 0 aromatic carbocycles. The average Bonchev–Trinajstić information content (AvgIpc) is 2.87. The van der Waals surface area contributed by atoms with Crippen molar-refractivity contribution in [3.05, 3.63) is 18.0 Å².